The largest absolute Gasteiger partial charge is 0.326 e. The summed E-state index contributed by atoms with van der Waals surface area (Å²) >= 11 is 0. The van der Waals surface area contributed by atoms with Crippen molar-refractivity contribution >= 4 is 10.0 Å². The molecule has 0 aromatic carbocycles. The molecule has 0 aromatic heterocycles. The van der Waals surface area contributed by atoms with E-state index in [1.807, 2.05) is 0 Å². The van der Waals surface area contributed by atoms with Gasteiger partial charge >= 0.3 is 0 Å². The first-order chi connectivity index (χ1) is 9.39. The van der Waals surface area contributed by atoms with Gasteiger partial charge in [-0.15, -0.1) is 0 Å². The third kappa shape index (κ3) is 4.18. The second-order valence-electron chi connectivity index (χ2n) is 7.00. The summed E-state index contributed by atoms with van der Waals surface area (Å²) in [5.41, 5.74) is 6.05. The highest BCUT2D eigenvalue weighted by atomic mass is 32.2. The summed E-state index contributed by atoms with van der Waals surface area (Å²) in [6.07, 6.45) is 7.58. The molecule has 2 aliphatic rings. The van der Waals surface area contributed by atoms with Crippen LogP contribution < -0.4 is 10.5 Å². The van der Waals surface area contributed by atoms with E-state index in [2.05, 4.69) is 18.6 Å². The summed E-state index contributed by atoms with van der Waals surface area (Å²) in [6.45, 7) is 4.39. The molecular formula is C15H30N2O2S. The smallest absolute Gasteiger partial charge is 0.212 e. The molecule has 0 aliphatic heterocycles. The minimum atomic E-state index is -3.21. The van der Waals surface area contributed by atoms with E-state index in [0.717, 1.165) is 38.5 Å². The van der Waals surface area contributed by atoms with E-state index in [0.29, 0.717) is 17.8 Å². The van der Waals surface area contributed by atoms with Crippen LogP contribution in [-0.2, 0) is 10.0 Å². The Labute approximate surface area is 123 Å². The molecular weight excluding hydrogens is 272 g/mol. The van der Waals surface area contributed by atoms with Crippen molar-refractivity contribution in [3.63, 3.8) is 0 Å². The van der Waals surface area contributed by atoms with Gasteiger partial charge in [-0.3, -0.25) is 0 Å². The van der Waals surface area contributed by atoms with Gasteiger partial charge in [-0.1, -0.05) is 46.0 Å². The zero-order chi connectivity index (χ0) is 14.8. The van der Waals surface area contributed by atoms with Crippen LogP contribution in [0, 0.1) is 17.8 Å². The van der Waals surface area contributed by atoms with Gasteiger partial charge in [0.05, 0.1) is 5.75 Å². The van der Waals surface area contributed by atoms with Crippen LogP contribution in [0.25, 0.3) is 0 Å². The van der Waals surface area contributed by atoms with Crippen molar-refractivity contribution < 1.29 is 8.42 Å². The maximum Gasteiger partial charge on any atom is 0.212 e. The standard InChI is InChI=1S/C15H30N2O2S/c1-11-6-5-7-12(2)13(11)10-20(18,19)17-15-9-4-3-8-14(15)16/h11-15,17H,3-10,16H2,1-2H3. The molecule has 4 atom stereocenters. The summed E-state index contributed by atoms with van der Waals surface area (Å²) in [6, 6.07) is -0.0670. The van der Waals surface area contributed by atoms with Crippen LogP contribution in [0.15, 0.2) is 0 Å². The second-order valence-corrected chi connectivity index (χ2v) is 8.80. The minimum Gasteiger partial charge on any atom is -0.326 e. The quantitative estimate of drug-likeness (QED) is 0.836. The Balaban J connectivity index is 1.95. The van der Waals surface area contributed by atoms with Gasteiger partial charge < -0.3 is 5.73 Å². The third-order valence-corrected chi connectivity index (χ3v) is 6.83. The first-order valence-electron chi connectivity index (χ1n) is 8.14. The number of hydrogen-bond acceptors (Lipinski definition) is 3. The highest BCUT2D eigenvalue weighted by Gasteiger charge is 2.33. The lowest BCUT2D eigenvalue weighted by Crippen LogP contribution is -2.50. The summed E-state index contributed by atoms with van der Waals surface area (Å²) in [5, 5.41) is 0. The molecule has 4 nitrogen and oxygen atoms in total. The van der Waals surface area contributed by atoms with Crippen molar-refractivity contribution in [2.75, 3.05) is 5.75 Å². The van der Waals surface area contributed by atoms with E-state index in [-0.39, 0.29) is 17.8 Å². The third-order valence-electron chi connectivity index (χ3n) is 5.34. The van der Waals surface area contributed by atoms with E-state index in [1.165, 1.54) is 6.42 Å². The van der Waals surface area contributed by atoms with Crippen molar-refractivity contribution in [1.29, 1.82) is 0 Å². The molecule has 0 heterocycles. The predicted octanol–water partition coefficient (Wildman–Crippen LogP) is 2.25. The van der Waals surface area contributed by atoms with Gasteiger partial charge in [0.25, 0.3) is 0 Å². The average molecular weight is 302 g/mol. The van der Waals surface area contributed by atoms with Crippen molar-refractivity contribution in [1.82, 2.24) is 4.72 Å². The molecule has 118 valence electrons. The van der Waals surface area contributed by atoms with Crippen LogP contribution in [-0.4, -0.2) is 26.3 Å². The van der Waals surface area contributed by atoms with E-state index in [4.69, 9.17) is 5.73 Å². The molecule has 3 N–H and O–H groups in total. The van der Waals surface area contributed by atoms with Gasteiger partial charge in [-0.05, 0) is 30.6 Å². The SMILES string of the molecule is CC1CCCC(C)C1CS(=O)(=O)NC1CCCCC1N. The topological polar surface area (TPSA) is 72.2 Å². The van der Waals surface area contributed by atoms with Crippen LogP contribution in [0.4, 0.5) is 0 Å². The van der Waals surface area contributed by atoms with Gasteiger partial charge in [0, 0.05) is 12.1 Å². The van der Waals surface area contributed by atoms with Gasteiger partial charge in [-0.25, -0.2) is 13.1 Å². The van der Waals surface area contributed by atoms with Crippen LogP contribution in [0.5, 0.6) is 0 Å². The van der Waals surface area contributed by atoms with E-state index >= 15 is 0 Å². The Morgan fingerprint density at radius 1 is 1.00 bits per heavy atom. The molecule has 20 heavy (non-hydrogen) atoms. The van der Waals surface area contributed by atoms with E-state index < -0.39 is 10.0 Å². The lowest BCUT2D eigenvalue weighted by atomic mass is 9.75. The van der Waals surface area contributed by atoms with Gasteiger partial charge in [0.15, 0.2) is 0 Å². The van der Waals surface area contributed by atoms with Crippen molar-refractivity contribution in [3.05, 3.63) is 0 Å². The van der Waals surface area contributed by atoms with Crippen molar-refractivity contribution in [2.24, 2.45) is 23.5 Å². The molecule has 0 amide bonds. The molecule has 4 unspecified atom stereocenters. The molecule has 0 radical (unpaired) electrons. The van der Waals surface area contributed by atoms with Crippen LogP contribution in [0.2, 0.25) is 0 Å². The lowest BCUT2D eigenvalue weighted by Gasteiger charge is -2.35. The Bertz CT molecular complexity index is 400. The zero-order valence-electron chi connectivity index (χ0n) is 12.8. The number of hydrogen-bond donors (Lipinski definition) is 2. The molecule has 2 aliphatic carbocycles. The summed E-state index contributed by atoms with van der Waals surface area (Å²) < 4.78 is 27.8. The molecule has 2 fully saturated rings. The minimum absolute atomic E-state index is 0.0141. The second kappa shape index (κ2) is 6.75. The molecule has 0 bridgehead atoms. The van der Waals surface area contributed by atoms with Crippen molar-refractivity contribution in [2.45, 2.75) is 70.9 Å². The Morgan fingerprint density at radius 2 is 1.60 bits per heavy atom. The fraction of sp³-hybridized carbons (Fsp3) is 1.00. The van der Waals surface area contributed by atoms with Crippen LogP contribution in [0.1, 0.15) is 58.8 Å². The summed E-state index contributed by atoms with van der Waals surface area (Å²) in [5.74, 6) is 1.59. The molecule has 0 spiro atoms. The Kier molecular flexibility index (Phi) is 5.49. The monoisotopic (exact) mass is 302 g/mol. The first kappa shape index (κ1) is 16.2. The highest BCUT2D eigenvalue weighted by molar-refractivity contribution is 7.89. The van der Waals surface area contributed by atoms with E-state index in [9.17, 15) is 8.42 Å². The molecule has 2 rings (SSSR count). The summed E-state index contributed by atoms with van der Waals surface area (Å²) in [4.78, 5) is 0. The van der Waals surface area contributed by atoms with Gasteiger partial charge in [-0.2, -0.15) is 0 Å². The fourth-order valence-corrected chi connectivity index (χ4v) is 5.93. The first-order valence-corrected chi connectivity index (χ1v) is 9.80. The maximum absolute atomic E-state index is 12.4. The maximum atomic E-state index is 12.4. The number of nitrogens with two attached hydrogens (primary N) is 1. The molecule has 0 saturated heterocycles. The molecule has 0 aromatic rings. The Hall–Kier alpha value is -0.130. The Morgan fingerprint density at radius 3 is 2.20 bits per heavy atom. The number of sulfonamides is 1. The zero-order valence-corrected chi connectivity index (χ0v) is 13.7. The van der Waals surface area contributed by atoms with Crippen LogP contribution in [0.3, 0.4) is 0 Å². The lowest BCUT2D eigenvalue weighted by molar-refractivity contribution is 0.199. The fourth-order valence-electron chi connectivity index (χ4n) is 3.92. The van der Waals surface area contributed by atoms with Gasteiger partial charge in [0.1, 0.15) is 0 Å². The molecule has 2 saturated carbocycles. The average Bonchev–Trinajstić information content (AvgIpc) is 2.37. The van der Waals surface area contributed by atoms with E-state index in [1.54, 1.807) is 0 Å². The predicted molar refractivity (Wildman–Crippen MR) is 82.8 cm³/mol. The molecule has 5 heteroatoms. The van der Waals surface area contributed by atoms with Gasteiger partial charge in [0.2, 0.25) is 10.0 Å². The number of rotatable bonds is 4. The summed E-state index contributed by atoms with van der Waals surface area (Å²) in [7, 11) is -3.21. The van der Waals surface area contributed by atoms with Crippen molar-refractivity contribution in [3.8, 4) is 0 Å². The normalized spacial score (nSPS) is 39.6. The van der Waals surface area contributed by atoms with Crippen LogP contribution >= 0.6 is 0 Å². The number of nitrogens with one attached hydrogen (secondary N) is 1. The highest BCUT2D eigenvalue weighted by Crippen LogP contribution is 2.35.